The van der Waals surface area contributed by atoms with Gasteiger partial charge in [-0.05, 0) is 6.07 Å². The molecule has 0 atom stereocenters. The number of amides is 1. The van der Waals surface area contributed by atoms with Crippen LogP contribution in [0.5, 0.6) is 0 Å². The molecule has 0 aliphatic heterocycles. The molecule has 1 rings (SSSR count). The van der Waals surface area contributed by atoms with E-state index in [1.165, 1.54) is 13.1 Å². The van der Waals surface area contributed by atoms with E-state index >= 15 is 0 Å². The summed E-state index contributed by atoms with van der Waals surface area (Å²) >= 11 is 11.3. The van der Waals surface area contributed by atoms with Gasteiger partial charge in [0.15, 0.2) is 5.69 Å². The zero-order valence-corrected chi connectivity index (χ0v) is 8.28. The van der Waals surface area contributed by atoms with Crippen molar-refractivity contribution in [3.8, 4) is 0 Å². The molecule has 70 valence electrons. The maximum absolute atomic E-state index is 11.2. The number of halogens is 2. The number of hydrogen-bond acceptors (Lipinski definition) is 3. The van der Waals surface area contributed by atoms with E-state index in [1.54, 1.807) is 0 Å². The summed E-state index contributed by atoms with van der Waals surface area (Å²) in [5.41, 5.74) is 5.69. The summed E-state index contributed by atoms with van der Waals surface area (Å²) in [4.78, 5) is 14.9. The topological polar surface area (TPSA) is 68.0 Å². The van der Waals surface area contributed by atoms with Crippen molar-refractivity contribution in [1.82, 2.24) is 10.3 Å². The van der Waals surface area contributed by atoms with E-state index < -0.39 is 5.91 Å². The van der Waals surface area contributed by atoms with Crippen molar-refractivity contribution < 1.29 is 4.79 Å². The number of hydrogen-bond donors (Lipinski definition) is 2. The molecule has 0 radical (unpaired) electrons. The van der Waals surface area contributed by atoms with Crippen LogP contribution in [0.25, 0.3) is 0 Å². The van der Waals surface area contributed by atoms with Gasteiger partial charge in [-0.3, -0.25) is 4.79 Å². The molecular weight excluding hydrogens is 213 g/mol. The van der Waals surface area contributed by atoms with Crippen LogP contribution >= 0.6 is 23.2 Å². The van der Waals surface area contributed by atoms with Crippen molar-refractivity contribution in [2.45, 2.75) is 0 Å². The summed E-state index contributed by atoms with van der Waals surface area (Å²) in [5.74, 6) is -0.415. The highest BCUT2D eigenvalue weighted by atomic mass is 35.5. The molecule has 0 aliphatic carbocycles. The van der Waals surface area contributed by atoms with Gasteiger partial charge in [0, 0.05) is 7.05 Å². The molecule has 0 bridgehead atoms. The summed E-state index contributed by atoms with van der Waals surface area (Å²) in [6, 6.07) is 1.38. The largest absolute Gasteiger partial charge is 0.396 e. The molecule has 1 amide bonds. The second kappa shape index (κ2) is 3.81. The molecule has 1 aromatic rings. The van der Waals surface area contributed by atoms with Gasteiger partial charge in [-0.2, -0.15) is 0 Å². The molecule has 0 saturated carbocycles. The number of nitrogens with zero attached hydrogens (tertiary/aromatic N) is 1. The fraction of sp³-hybridized carbons (Fsp3) is 0.143. The second-order valence-electron chi connectivity index (χ2n) is 2.27. The first-order chi connectivity index (χ1) is 6.06. The molecule has 1 heterocycles. The van der Waals surface area contributed by atoms with Gasteiger partial charge >= 0.3 is 0 Å². The lowest BCUT2D eigenvalue weighted by molar-refractivity contribution is 0.0959. The molecule has 6 heteroatoms. The van der Waals surface area contributed by atoms with Crippen LogP contribution in [-0.2, 0) is 0 Å². The number of nitrogens with two attached hydrogens (primary N) is 1. The second-order valence-corrected chi connectivity index (χ2v) is 3.06. The van der Waals surface area contributed by atoms with Crippen LogP contribution in [0.1, 0.15) is 10.5 Å². The fourth-order valence-electron chi connectivity index (χ4n) is 0.786. The van der Waals surface area contributed by atoms with Crippen molar-refractivity contribution in [3.05, 3.63) is 21.9 Å². The van der Waals surface area contributed by atoms with E-state index in [1.807, 2.05) is 0 Å². The number of rotatable bonds is 1. The molecule has 0 aliphatic rings. The number of nitrogens with one attached hydrogen (secondary N) is 1. The van der Waals surface area contributed by atoms with Gasteiger partial charge < -0.3 is 11.1 Å². The van der Waals surface area contributed by atoms with Gasteiger partial charge in [0.2, 0.25) is 0 Å². The Balaban J connectivity index is 3.28. The van der Waals surface area contributed by atoms with Crippen molar-refractivity contribution in [2.75, 3.05) is 12.8 Å². The van der Waals surface area contributed by atoms with Crippen LogP contribution in [0.4, 0.5) is 5.69 Å². The smallest absolute Gasteiger partial charge is 0.271 e. The van der Waals surface area contributed by atoms with E-state index in [0.29, 0.717) is 0 Å². The minimum Gasteiger partial charge on any atom is -0.396 e. The highest BCUT2D eigenvalue weighted by molar-refractivity contribution is 6.36. The van der Waals surface area contributed by atoms with E-state index in [2.05, 4.69) is 10.3 Å². The third kappa shape index (κ3) is 2.02. The van der Waals surface area contributed by atoms with Crippen LogP contribution < -0.4 is 11.1 Å². The molecule has 3 N–H and O–H groups in total. The van der Waals surface area contributed by atoms with Gasteiger partial charge in [0.25, 0.3) is 5.91 Å². The Morgan fingerprint density at radius 1 is 1.62 bits per heavy atom. The van der Waals surface area contributed by atoms with Crippen molar-refractivity contribution in [2.24, 2.45) is 0 Å². The quantitative estimate of drug-likeness (QED) is 0.701. The Bertz CT molecular complexity index is 354. The van der Waals surface area contributed by atoms with Gasteiger partial charge in [-0.15, -0.1) is 0 Å². The molecule has 13 heavy (non-hydrogen) atoms. The Morgan fingerprint density at radius 3 is 2.77 bits per heavy atom. The zero-order valence-electron chi connectivity index (χ0n) is 6.77. The molecule has 0 unspecified atom stereocenters. The van der Waals surface area contributed by atoms with Crippen LogP contribution in [-0.4, -0.2) is 17.9 Å². The molecule has 0 fully saturated rings. The number of carbonyl (C=O) groups excluding carboxylic acids is 1. The van der Waals surface area contributed by atoms with Crippen LogP contribution in [0.2, 0.25) is 10.2 Å². The highest BCUT2D eigenvalue weighted by Gasteiger charge is 2.13. The minimum atomic E-state index is -0.415. The predicted molar refractivity (Wildman–Crippen MR) is 52.1 cm³/mol. The number of aromatic nitrogens is 1. The summed E-state index contributed by atoms with van der Waals surface area (Å²) in [5, 5.41) is 2.74. The average molecular weight is 220 g/mol. The lowest BCUT2D eigenvalue weighted by atomic mass is 10.3. The standard InChI is InChI=1S/C7H7Cl2N3O/c1-11-7(13)6-5(10)3(8)2-4(9)12-6/h2H,10H2,1H3,(H,11,13). The molecular formula is C7H7Cl2N3O. The minimum absolute atomic E-state index is 0.0417. The van der Waals surface area contributed by atoms with Gasteiger partial charge in [0.05, 0.1) is 10.7 Å². The number of carbonyl (C=O) groups is 1. The zero-order chi connectivity index (χ0) is 10.0. The summed E-state index contributed by atoms with van der Waals surface area (Å²) in [6.45, 7) is 0. The van der Waals surface area contributed by atoms with E-state index in [4.69, 9.17) is 28.9 Å². The molecule has 4 nitrogen and oxygen atoms in total. The summed E-state index contributed by atoms with van der Waals surface area (Å²) in [7, 11) is 1.47. The number of nitrogen functional groups attached to an aromatic ring is 1. The lowest BCUT2D eigenvalue weighted by Crippen LogP contribution is -2.21. The van der Waals surface area contributed by atoms with Crippen molar-refractivity contribution in [3.63, 3.8) is 0 Å². The van der Waals surface area contributed by atoms with E-state index in [-0.39, 0.29) is 21.6 Å². The maximum Gasteiger partial charge on any atom is 0.271 e. The monoisotopic (exact) mass is 219 g/mol. The molecule has 0 spiro atoms. The van der Waals surface area contributed by atoms with Gasteiger partial charge in [-0.25, -0.2) is 4.98 Å². The maximum atomic E-state index is 11.2. The normalized spacial score (nSPS) is 9.77. The Hall–Kier alpha value is -1.00. The molecule has 1 aromatic heterocycles. The van der Waals surface area contributed by atoms with Gasteiger partial charge in [-0.1, -0.05) is 23.2 Å². The fourth-order valence-corrected chi connectivity index (χ4v) is 1.23. The Labute approximate surface area is 85.0 Å². The molecule has 0 aromatic carbocycles. The highest BCUT2D eigenvalue weighted by Crippen LogP contribution is 2.24. The lowest BCUT2D eigenvalue weighted by Gasteiger charge is -2.04. The van der Waals surface area contributed by atoms with E-state index in [0.717, 1.165) is 0 Å². The first-order valence-electron chi connectivity index (χ1n) is 3.40. The Kier molecular flexibility index (Phi) is 2.95. The third-order valence-electron chi connectivity index (χ3n) is 1.42. The number of pyridine rings is 1. The Morgan fingerprint density at radius 2 is 2.23 bits per heavy atom. The van der Waals surface area contributed by atoms with E-state index in [9.17, 15) is 4.79 Å². The van der Waals surface area contributed by atoms with Gasteiger partial charge in [0.1, 0.15) is 5.15 Å². The first kappa shape index (κ1) is 10.1. The summed E-state index contributed by atoms with van der Waals surface area (Å²) in [6.07, 6.45) is 0. The third-order valence-corrected chi connectivity index (χ3v) is 1.93. The first-order valence-corrected chi connectivity index (χ1v) is 4.15. The van der Waals surface area contributed by atoms with Crippen molar-refractivity contribution >= 4 is 34.8 Å². The van der Waals surface area contributed by atoms with Crippen LogP contribution in [0, 0.1) is 0 Å². The average Bonchev–Trinajstić information content (AvgIpc) is 2.10. The number of anilines is 1. The SMILES string of the molecule is CNC(=O)c1nc(Cl)cc(Cl)c1N. The van der Waals surface area contributed by atoms with Crippen LogP contribution in [0.15, 0.2) is 6.07 Å². The van der Waals surface area contributed by atoms with Crippen molar-refractivity contribution in [1.29, 1.82) is 0 Å². The predicted octanol–water partition coefficient (Wildman–Crippen LogP) is 1.33. The molecule has 0 saturated heterocycles. The van der Waals surface area contributed by atoms with Crippen LogP contribution in [0.3, 0.4) is 0 Å². The summed E-state index contributed by atoms with van der Waals surface area (Å²) < 4.78 is 0.